The normalized spacial score (nSPS) is 36.8. The van der Waals surface area contributed by atoms with Gasteiger partial charge in [-0.15, -0.1) is 0 Å². The molecule has 2 heterocycles. The Labute approximate surface area is 77.7 Å². The predicted octanol–water partition coefficient (Wildman–Crippen LogP) is 1.43. The second-order valence-electron chi connectivity index (χ2n) is 3.47. The Balaban J connectivity index is 2.07. The van der Waals surface area contributed by atoms with E-state index in [-0.39, 0.29) is 18.2 Å². The van der Waals surface area contributed by atoms with Crippen LogP contribution in [0.5, 0.6) is 0 Å². The third kappa shape index (κ3) is 2.10. The van der Waals surface area contributed by atoms with E-state index >= 15 is 0 Å². The molecule has 0 aromatic rings. The summed E-state index contributed by atoms with van der Waals surface area (Å²) in [6.07, 6.45) is 7.18. The molecule has 2 aliphatic heterocycles. The first-order valence-corrected chi connectivity index (χ1v) is 4.84. The van der Waals surface area contributed by atoms with E-state index < -0.39 is 0 Å². The third-order valence-electron chi connectivity index (χ3n) is 2.43. The second-order valence-corrected chi connectivity index (χ2v) is 3.47. The van der Waals surface area contributed by atoms with Crippen LogP contribution >= 0.6 is 0 Å². The Morgan fingerprint density at radius 3 is 3.31 bits per heavy atom. The van der Waals surface area contributed by atoms with Crippen molar-refractivity contribution in [3.8, 4) is 0 Å². The molecule has 1 fully saturated rings. The van der Waals surface area contributed by atoms with Crippen LogP contribution in [0.3, 0.4) is 0 Å². The summed E-state index contributed by atoms with van der Waals surface area (Å²) in [5.74, 6) is -0.0927. The fourth-order valence-corrected chi connectivity index (χ4v) is 1.74. The molecule has 0 aromatic carbocycles. The Hall–Kier alpha value is -0.830. The van der Waals surface area contributed by atoms with Gasteiger partial charge in [-0.3, -0.25) is 4.79 Å². The van der Waals surface area contributed by atoms with Crippen molar-refractivity contribution in [1.29, 1.82) is 0 Å². The van der Waals surface area contributed by atoms with Gasteiger partial charge in [0.2, 0.25) is 0 Å². The van der Waals surface area contributed by atoms with Crippen molar-refractivity contribution >= 4 is 5.97 Å². The number of ether oxygens (including phenoxy) is 2. The van der Waals surface area contributed by atoms with Gasteiger partial charge in [-0.25, -0.2) is 0 Å². The average molecular weight is 182 g/mol. The van der Waals surface area contributed by atoms with E-state index in [4.69, 9.17) is 9.47 Å². The van der Waals surface area contributed by atoms with E-state index in [0.29, 0.717) is 6.42 Å². The minimum absolute atomic E-state index is 0.00185. The van der Waals surface area contributed by atoms with Crippen molar-refractivity contribution in [3.05, 3.63) is 12.2 Å². The summed E-state index contributed by atoms with van der Waals surface area (Å²) < 4.78 is 10.8. The zero-order chi connectivity index (χ0) is 9.10. The molecule has 0 saturated carbocycles. The second kappa shape index (κ2) is 3.92. The number of esters is 1. The molecule has 1 saturated heterocycles. The molecule has 72 valence electrons. The van der Waals surface area contributed by atoms with Gasteiger partial charge in [0.1, 0.15) is 12.2 Å². The van der Waals surface area contributed by atoms with Crippen molar-refractivity contribution in [1.82, 2.24) is 0 Å². The van der Waals surface area contributed by atoms with E-state index in [0.717, 1.165) is 25.9 Å². The lowest BCUT2D eigenvalue weighted by Crippen LogP contribution is -2.37. The Bertz CT molecular complexity index is 222. The van der Waals surface area contributed by atoms with Gasteiger partial charge >= 0.3 is 5.97 Å². The number of carbonyl (C=O) groups excluding carboxylic acids is 1. The number of rotatable bonds is 0. The first-order valence-electron chi connectivity index (χ1n) is 4.84. The highest BCUT2D eigenvalue weighted by Crippen LogP contribution is 2.21. The van der Waals surface area contributed by atoms with Gasteiger partial charge < -0.3 is 9.47 Å². The van der Waals surface area contributed by atoms with E-state index in [2.05, 4.69) is 0 Å². The zero-order valence-electron chi connectivity index (χ0n) is 7.57. The summed E-state index contributed by atoms with van der Waals surface area (Å²) in [7, 11) is 0. The van der Waals surface area contributed by atoms with Crippen molar-refractivity contribution in [3.63, 3.8) is 0 Å². The van der Waals surface area contributed by atoms with E-state index in [9.17, 15) is 4.79 Å². The van der Waals surface area contributed by atoms with Crippen LogP contribution in [0.1, 0.15) is 25.7 Å². The molecule has 0 N–H and O–H groups in total. The van der Waals surface area contributed by atoms with Crippen LogP contribution in [-0.4, -0.2) is 24.8 Å². The highest BCUT2D eigenvalue weighted by atomic mass is 16.6. The molecule has 0 unspecified atom stereocenters. The summed E-state index contributed by atoms with van der Waals surface area (Å²) in [5.41, 5.74) is 0. The number of fused-ring (bicyclic) bond motifs is 1. The first-order chi connectivity index (χ1) is 6.36. The van der Waals surface area contributed by atoms with Crippen molar-refractivity contribution in [2.75, 3.05) is 6.61 Å². The summed E-state index contributed by atoms with van der Waals surface area (Å²) in [6, 6.07) is 0. The fraction of sp³-hybridized carbons (Fsp3) is 0.700. The number of carbonyl (C=O) groups is 1. The third-order valence-corrected chi connectivity index (χ3v) is 2.43. The lowest BCUT2D eigenvalue weighted by atomic mass is 10.0. The van der Waals surface area contributed by atoms with Gasteiger partial charge in [0.25, 0.3) is 0 Å². The van der Waals surface area contributed by atoms with E-state index in [1.165, 1.54) is 0 Å². The van der Waals surface area contributed by atoms with Crippen LogP contribution in [0.2, 0.25) is 0 Å². The SMILES string of the molecule is O=C1CC/C=C\[C@H]2OCCC[C@@H]2O1. The molecule has 0 bridgehead atoms. The number of allylic oxidation sites excluding steroid dienone is 1. The lowest BCUT2D eigenvalue weighted by molar-refractivity contribution is -0.160. The van der Waals surface area contributed by atoms with Gasteiger partial charge in [0.05, 0.1) is 0 Å². The monoisotopic (exact) mass is 182 g/mol. The highest BCUT2D eigenvalue weighted by Gasteiger charge is 2.27. The topological polar surface area (TPSA) is 35.5 Å². The highest BCUT2D eigenvalue weighted by molar-refractivity contribution is 5.70. The van der Waals surface area contributed by atoms with Crippen LogP contribution in [0.15, 0.2) is 12.2 Å². The van der Waals surface area contributed by atoms with Crippen LogP contribution in [0.4, 0.5) is 0 Å². The van der Waals surface area contributed by atoms with Crippen LogP contribution < -0.4 is 0 Å². The minimum atomic E-state index is -0.0927. The lowest BCUT2D eigenvalue weighted by Gasteiger charge is -2.30. The molecule has 3 heteroatoms. The van der Waals surface area contributed by atoms with Crippen LogP contribution in [-0.2, 0) is 14.3 Å². The Kier molecular flexibility index (Phi) is 2.64. The zero-order valence-corrected chi connectivity index (χ0v) is 7.57. The van der Waals surface area contributed by atoms with Gasteiger partial charge in [-0.05, 0) is 19.3 Å². The first kappa shape index (κ1) is 8.75. The van der Waals surface area contributed by atoms with Crippen molar-refractivity contribution in [2.45, 2.75) is 37.9 Å². The summed E-state index contributed by atoms with van der Waals surface area (Å²) >= 11 is 0. The molecule has 2 rings (SSSR count). The molecule has 3 nitrogen and oxygen atoms in total. The minimum Gasteiger partial charge on any atom is -0.459 e. The number of hydrogen-bond donors (Lipinski definition) is 0. The maximum absolute atomic E-state index is 11.2. The fourth-order valence-electron chi connectivity index (χ4n) is 1.74. The molecular weight excluding hydrogens is 168 g/mol. The van der Waals surface area contributed by atoms with Gasteiger partial charge in [0.15, 0.2) is 0 Å². The summed E-state index contributed by atoms with van der Waals surface area (Å²) in [5, 5.41) is 0. The van der Waals surface area contributed by atoms with Gasteiger partial charge in [0, 0.05) is 13.0 Å². The molecule has 0 radical (unpaired) electrons. The molecule has 2 atom stereocenters. The molecular formula is C10H14O3. The largest absolute Gasteiger partial charge is 0.459 e. The van der Waals surface area contributed by atoms with Crippen LogP contribution in [0.25, 0.3) is 0 Å². The molecule has 0 aliphatic carbocycles. The quantitative estimate of drug-likeness (QED) is 0.420. The van der Waals surface area contributed by atoms with Crippen LogP contribution in [0, 0.1) is 0 Å². The predicted molar refractivity (Wildman–Crippen MR) is 47.2 cm³/mol. The van der Waals surface area contributed by atoms with E-state index in [1.54, 1.807) is 0 Å². The maximum Gasteiger partial charge on any atom is 0.306 e. The van der Waals surface area contributed by atoms with Crippen molar-refractivity contribution < 1.29 is 14.3 Å². The molecule has 2 aliphatic rings. The smallest absolute Gasteiger partial charge is 0.306 e. The summed E-state index contributed by atoms with van der Waals surface area (Å²) in [4.78, 5) is 11.2. The number of hydrogen-bond acceptors (Lipinski definition) is 3. The van der Waals surface area contributed by atoms with E-state index in [1.807, 2.05) is 12.2 Å². The molecule has 0 amide bonds. The molecule has 0 spiro atoms. The Morgan fingerprint density at radius 1 is 1.46 bits per heavy atom. The van der Waals surface area contributed by atoms with Crippen molar-refractivity contribution in [2.24, 2.45) is 0 Å². The Morgan fingerprint density at radius 2 is 2.38 bits per heavy atom. The van der Waals surface area contributed by atoms with Gasteiger partial charge in [-0.2, -0.15) is 0 Å². The maximum atomic E-state index is 11.2. The van der Waals surface area contributed by atoms with Gasteiger partial charge in [-0.1, -0.05) is 12.2 Å². The molecule has 0 aromatic heterocycles. The summed E-state index contributed by atoms with van der Waals surface area (Å²) in [6.45, 7) is 0.781. The average Bonchev–Trinajstić information content (AvgIpc) is 2.11. The standard InChI is InChI=1S/C10H14O3/c11-10-6-2-1-4-8-9(13-10)5-3-7-12-8/h1,4,8-9H,2-3,5-7H2/b4-1-/t8-,9+/m1/s1. The molecule has 13 heavy (non-hydrogen) atoms.